The predicted molar refractivity (Wildman–Crippen MR) is 188 cm³/mol. The maximum absolute atomic E-state index is 13.6. The molecule has 2 unspecified atom stereocenters. The third-order valence-corrected chi connectivity index (χ3v) is 13.2. The predicted octanol–water partition coefficient (Wildman–Crippen LogP) is 7.89. The first-order valence-electron chi connectivity index (χ1n) is 17.8. The number of rotatable bonds is 4. The van der Waals surface area contributed by atoms with Gasteiger partial charge in [-0.1, -0.05) is 78.9 Å². The lowest BCUT2D eigenvalue weighted by Crippen LogP contribution is -2.74. The van der Waals surface area contributed by atoms with Crippen LogP contribution in [0.5, 0.6) is 11.5 Å². The van der Waals surface area contributed by atoms with E-state index in [2.05, 4.69) is 94.4 Å². The maximum atomic E-state index is 13.6. The Kier molecular flexibility index (Phi) is 4.79. The Morgan fingerprint density at radius 2 is 1.62 bits per heavy atom. The number of fused-ring (bicyclic) bond motifs is 8. The van der Waals surface area contributed by atoms with Gasteiger partial charge in [0, 0.05) is 41.9 Å². The van der Waals surface area contributed by atoms with Crippen LogP contribution in [-0.2, 0) is 24.8 Å². The molecule has 1 spiro atoms. The van der Waals surface area contributed by atoms with Gasteiger partial charge in [-0.3, -0.25) is 4.90 Å². The van der Waals surface area contributed by atoms with Gasteiger partial charge >= 0.3 is 0 Å². The van der Waals surface area contributed by atoms with Crippen molar-refractivity contribution in [1.82, 2.24) is 9.47 Å². The van der Waals surface area contributed by atoms with Crippen LogP contribution in [0.25, 0.3) is 43.9 Å². The number of aromatic hydroxyl groups is 1. The molecule has 5 heteroatoms. The Bertz CT molecular complexity index is 2410. The van der Waals surface area contributed by atoms with Crippen molar-refractivity contribution in [3.8, 4) is 33.8 Å². The van der Waals surface area contributed by atoms with E-state index in [0.29, 0.717) is 18.7 Å². The maximum Gasteiger partial charge on any atom is 0.166 e. The Morgan fingerprint density at radius 1 is 0.833 bits per heavy atom. The van der Waals surface area contributed by atoms with Crippen molar-refractivity contribution in [2.24, 2.45) is 5.92 Å². The highest BCUT2D eigenvalue weighted by Crippen LogP contribution is 2.70. The monoisotopic (exact) mass is 628 g/mol. The number of ether oxygens (including phenoxy) is 1. The van der Waals surface area contributed by atoms with E-state index in [0.717, 1.165) is 37.4 Å². The third-order valence-electron chi connectivity index (χ3n) is 13.2. The van der Waals surface area contributed by atoms with Crippen LogP contribution in [0.1, 0.15) is 53.3 Å². The molecule has 236 valence electrons. The molecule has 12 rings (SSSR count). The van der Waals surface area contributed by atoms with E-state index in [4.69, 9.17) is 4.74 Å². The molecule has 1 saturated carbocycles. The number of phenols is 1. The summed E-state index contributed by atoms with van der Waals surface area (Å²) in [5.74, 6) is 1.53. The molecule has 4 atom stereocenters. The molecule has 2 aliphatic heterocycles. The second-order valence-corrected chi connectivity index (χ2v) is 15.5. The first kappa shape index (κ1) is 26.4. The molecule has 5 aromatic carbocycles. The van der Waals surface area contributed by atoms with Gasteiger partial charge in [0.1, 0.15) is 0 Å². The number of aliphatic hydroxyl groups is 1. The second kappa shape index (κ2) is 8.71. The Morgan fingerprint density at radius 3 is 2.46 bits per heavy atom. The molecule has 0 radical (unpaired) electrons. The van der Waals surface area contributed by atoms with Gasteiger partial charge in [-0.15, -0.1) is 0 Å². The Labute approximate surface area is 279 Å². The number of nitrogens with zero attached hydrogens (tertiary/aromatic N) is 2. The van der Waals surface area contributed by atoms with Crippen molar-refractivity contribution in [2.75, 3.05) is 13.1 Å². The number of phenolic OH excluding ortho intramolecular Hbond substituents is 1. The average molecular weight is 629 g/mol. The topological polar surface area (TPSA) is 57.9 Å². The number of aromatic nitrogens is 1. The summed E-state index contributed by atoms with van der Waals surface area (Å²) in [4.78, 5) is 2.62. The fourth-order valence-corrected chi connectivity index (χ4v) is 11.1. The van der Waals surface area contributed by atoms with Gasteiger partial charge < -0.3 is 19.5 Å². The number of piperidine rings is 1. The van der Waals surface area contributed by atoms with Crippen LogP contribution in [0, 0.1) is 5.92 Å². The number of hydrogen-bond acceptors (Lipinski definition) is 4. The molecule has 1 aromatic heterocycles. The molecule has 0 amide bonds. The highest BCUT2D eigenvalue weighted by Gasteiger charge is 2.73. The van der Waals surface area contributed by atoms with Crippen LogP contribution in [0.4, 0.5) is 0 Å². The molecule has 2 fully saturated rings. The lowest BCUT2D eigenvalue weighted by molar-refractivity contribution is -0.173. The minimum atomic E-state index is -1.02. The molecule has 5 nitrogen and oxygen atoms in total. The summed E-state index contributed by atoms with van der Waals surface area (Å²) in [7, 11) is 0. The molecular formula is C43H36N2O3. The zero-order valence-corrected chi connectivity index (χ0v) is 26.7. The quantitative estimate of drug-likeness (QED) is 0.208. The SMILES string of the molecule is Oc1ccc2c3c1OC1c4c(c5cc6c7c(cccc7c5n4Cc4ccccc4)-c4ccccc4-6)CC4(O)[C@@H](C2)N(CC2CC2)CC[C@]314. The molecule has 6 aliphatic rings. The molecule has 2 bridgehead atoms. The van der Waals surface area contributed by atoms with Crippen LogP contribution in [0.15, 0.2) is 91.0 Å². The molecule has 2 N–H and O–H groups in total. The van der Waals surface area contributed by atoms with Crippen molar-refractivity contribution >= 4 is 21.7 Å². The van der Waals surface area contributed by atoms with Gasteiger partial charge in [-0.2, -0.15) is 0 Å². The van der Waals surface area contributed by atoms with Gasteiger partial charge in [0.05, 0.1) is 22.2 Å². The second-order valence-electron chi connectivity index (χ2n) is 15.5. The zero-order chi connectivity index (χ0) is 31.5. The molecule has 3 heterocycles. The molecule has 48 heavy (non-hydrogen) atoms. The largest absolute Gasteiger partial charge is 0.504 e. The van der Waals surface area contributed by atoms with E-state index in [1.54, 1.807) is 0 Å². The first-order valence-corrected chi connectivity index (χ1v) is 17.8. The van der Waals surface area contributed by atoms with Crippen molar-refractivity contribution in [2.45, 2.75) is 61.8 Å². The highest BCUT2D eigenvalue weighted by molar-refractivity contribution is 6.23. The van der Waals surface area contributed by atoms with E-state index in [-0.39, 0.29) is 11.8 Å². The van der Waals surface area contributed by atoms with E-state index >= 15 is 0 Å². The van der Waals surface area contributed by atoms with Crippen LogP contribution in [0.2, 0.25) is 0 Å². The lowest BCUT2D eigenvalue weighted by Gasteiger charge is -2.63. The molecule has 1 saturated heterocycles. The summed E-state index contributed by atoms with van der Waals surface area (Å²) in [6.07, 6.45) is 4.37. The van der Waals surface area contributed by atoms with Crippen LogP contribution < -0.4 is 4.74 Å². The minimum absolute atomic E-state index is 0.00422. The first-order chi connectivity index (χ1) is 23.5. The highest BCUT2D eigenvalue weighted by atomic mass is 16.5. The summed E-state index contributed by atoms with van der Waals surface area (Å²) >= 11 is 0. The minimum Gasteiger partial charge on any atom is -0.504 e. The van der Waals surface area contributed by atoms with Crippen molar-refractivity contribution in [3.63, 3.8) is 0 Å². The average Bonchev–Trinajstić information content (AvgIpc) is 3.68. The van der Waals surface area contributed by atoms with Crippen LogP contribution >= 0.6 is 0 Å². The van der Waals surface area contributed by atoms with Gasteiger partial charge in [0.25, 0.3) is 0 Å². The fraction of sp³-hybridized carbons (Fsp3) is 0.302. The zero-order valence-electron chi connectivity index (χ0n) is 26.7. The van der Waals surface area contributed by atoms with Crippen LogP contribution in [-0.4, -0.2) is 44.4 Å². The third kappa shape index (κ3) is 2.99. The standard InChI is InChI=1S/C43H36N2O3/c46-34-16-15-26-19-35-43(47)21-33-32-20-31-28-10-5-4-9-27(28)29-11-6-12-30(36(29)31)38(32)45(23-24-7-2-1-3-8-24)39(33)41-42(43,37(26)40(34)48-41)17-18-44(35)22-25-13-14-25/h1-12,15-16,20,25,35,41,46-47H,13-14,17-19,21-23H2/t35-,41?,42+,43?/m1/s1. The Balaban J connectivity index is 1.20. The van der Waals surface area contributed by atoms with E-state index in [1.165, 1.54) is 79.2 Å². The van der Waals surface area contributed by atoms with Gasteiger partial charge in [0.2, 0.25) is 0 Å². The summed E-state index contributed by atoms with van der Waals surface area (Å²) < 4.78 is 9.66. The fourth-order valence-electron chi connectivity index (χ4n) is 11.1. The molecule has 6 aromatic rings. The normalized spacial score (nSPS) is 27.2. The molecule has 4 aliphatic carbocycles. The lowest BCUT2D eigenvalue weighted by atomic mass is 9.49. The number of likely N-dealkylation sites (tertiary alicyclic amines) is 1. The smallest absolute Gasteiger partial charge is 0.166 e. The number of benzene rings is 5. The summed E-state index contributed by atoms with van der Waals surface area (Å²) in [5, 5.41) is 28.7. The van der Waals surface area contributed by atoms with Gasteiger partial charge in [-0.05, 0) is 94.6 Å². The summed E-state index contributed by atoms with van der Waals surface area (Å²) in [5.41, 5.74) is 10.7. The van der Waals surface area contributed by atoms with Crippen molar-refractivity contribution in [1.29, 1.82) is 0 Å². The van der Waals surface area contributed by atoms with Gasteiger partial charge in [0.15, 0.2) is 17.6 Å². The van der Waals surface area contributed by atoms with E-state index in [1.807, 2.05) is 6.07 Å². The number of hydrogen-bond donors (Lipinski definition) is 2. The Hall–Kier alpha value is -4.58. The van der Waals surface area contributed by atoms with Gasteiger partial charge in [-0.25, -0.2) is 0 Å². The molecular weight excluding hydrogens is 592 g/mol. The van der Waals surface area contributed by atoms with Crippen molar-refractivity contribution in [3.05, 3.63) is 119 Å². The summed E-state index contributed by atoms with van der Waals surface area (Å²) in [6, 6.07) is 32.7. The van der Waals surface area contributed by atoms with Crippen molar-refractivity contribution < 1.29 is 14.9 Å². The van der Waals surface area contributed by atoms with E-state index in [9.17, 15) is 10.2 Å². The summed E-state index contributed by atoms with van der Waals surface area (Å²) in [6.45, 7) is 2.71. The van der Waals surface area contributed by atoms with Crippen LogP contribution in [0.3, 0.4) is 0 Å². The van der Waals surface area contributed by atoms with E-state index < -0.39 is 17.1 Å².